The van der Waals surface area contributed by atoms with Gasteiger partial charge in [-0.05, 0) is 20.8 Å². The lowest BCUT2D eigenvalue weighted by molar-refractivity contribution is 0.0643. The Kier molecular flexibility index (Phi) is 3.54. The van der Waals surface area contributed by atoms with E-state index in [0.29, 0.717) is 6.61 Å². The Balaban J connectivity index is 2.57. The van der Waals surface area contributed by atoms with Gasteiger partial charge in [0.25, 0.3) is 0 Å². The first-order valence-electron chi connectivity index (χ1n) is 4.82. The van der Waals surface area contributed by atoms with Crippen molar-refractivity contribution in [1.29, 1.82) is 0 Å². The van der Waals surface area contributed by atoms with Crippen molar-refractivity contribution < 1.29 is 9.53 Å². The van der Waals surface area contributed by atoms with Gasteiger partial charge in [-0.15, -0.1) is 0 Å². The van der Waals surface area contributed by atoms with Crippen molar-refractivity contribution in [3.05, 3.63) is 0 Å². The van der Waals surface area contributed by atoms with Gasteiger partial charge in [-0.3, -0.25) is 0 Å². The number of hydrogen-bond acceptors (Lipinski definition) is 3. The third-order valence-electron chi connectivity index (χ3n) is 2.31. The first-order chi connectivity index (χ1) is 6.16. The summed E-state index contributed by atoms with van der Waals surface area (Å²) < 4.78 is 4.98. The van der Waals surface area contributed by atoms with Crippen LogP contribution >= 0.6 is 0 Å². The molecule has 4 heteroatoms. The summed E-state index contributed by atoms with van der Waals surface area (Å²) in [6.45, 7) is 8.03. The second-order valence-electron chi connectivity index (χ2n) is 3.46. The minimum Gasteiger partial charge on any atom is -0.450 e. The summed E-state index contributed by atoms with van der Waals surface area (Å²) >= 11 is 0. The number of amides is 1. The third kappa shape index (κ3) is 2.34. The number of rotatable bonds is 1. The van der Waals surface area contributed by atoms with Crippen molar-refractivity contribution in [2.45, 2.75) is 32.9 Å². The summed E-state index contributed by atoms with van der Waals surface area (Å²) in [5.74, 6) is 0. The van der Waals surface area contributed by atoms with Gasteiger partial charge in [0.05, 0.1) is 6.61 Å². The van der Waals surface area contributed by atoms with E-state index in [9.17, 15) is 4.79 Å². The second-order valence-corrected chi connectivity index (χ2v) is 3.46. The maximum atomic E-state index is 11.5. The summed E-state index contributed by atoms with van der Waals surface area (Å²) in [5.41, 5.74) is 0. The number of piperazine rings is 1. The van der Waals surface area contributed by atoms with Gasteiger partial charge in [0.15, 0.2) is 0 Å². The van der Waals surface area contributed by atoms with Crippen LogP contribution in [-0.4, -0.2) is 42.8 Å². The molecule has 0 bridgehead atoms. The predicted octanol–water partition coefficient (Wildman–Crippen LogP) is 0.825. The highest BCUT2D eigenvalue weighted by Gasteiger charge is 2.29. The molecule has 1 saturated heterocycles. The molecule has 4 nitrogen and oxygen atoms in total. The standard InChI is InChI=1S/C9H18N2O2/c1-4-13-9(12)11-7(2)5-10-6-8(11)3/h7-8,10H,4-6H2,1-3H3/t7-,8-/m0/s1. The van der Waals surface area contributed by atoms with Crippen LogP contribution in [0.25, 0.3) is 0 Å². The molecule has 0 aromatic carbocycles. The van der Waals surface area contributed by atoms with Crippen molar-refractivity contribution in [3.8, 4) is 0 Å². The van der Waals surface area contributed by atoms with Gasteiger partial charge in [-0.2, -0.15) is 0 Å². The largest absolute Gasteiger partial charge is 0.450 e. The van der Waals surface area contributed by atoms with E-state index in [1.807, 2.05) is 20.8 Å². The van der Waals surface area contributed by atoms with E-state index in [2.05, 4.69) is 5.32 Å². The first-order valence-corrected chi connectivity index (χ1v) is 4.82. The van der Waals surface area contributed by atoms with Gasteiger partial charge < -0.3 is 15.0 Å². The zero-order valence-corrected chi connectivity index (χ0v) is 8.54. The van der Waals surface area contributed by atoms with E-state index in [1.54, 1.807) is 4.90 Å². The lowest BCUT2D eigenvalue weighted by atomic mass is 10.1. The molecule has 1 aliphatic heterocycles. The summed E-state index contributed by atoms with van der Waals surface area (Å²) in [6.07, 6.45) is -0.191. The number of carbonyl (C=O) groups excluding carboxylic acids is 1. The average Bonchev–Trinajstić information content (AvgIpc) is 2.04. The Morgan fingerprint density at radius 2 is 2.00 bits per heavy atom. The molecule has 13 heavy (non-hydrogen) atoms. The Labute approximate surface area is 79.2 Å². The molecule has 1 amide bonds. The van der Waals surface area contributed by atoms with Crippen molar-refractivity contribution in [2.24, 2.45) is 0 Å². The molecule has 0 aliphatic carbocycles. The second kappa shape index (κ2) is 4.46. The smallest absolute Gasteiger partial charge is 0.410 e. The van der Waals surface area contributed by atoms with E-state index in [4.69, 9.17) is 4.74 Å². The highest BCUT2D eigenvalue weighted by Crippen LogP contribution is 2.10. The lowest BCUT2D eigenvalue weighted by Crippen LogP contribution is -2.57. The molecule has 2 atom stereocenters. The fourth-order valence-electron chi connectivity index (χ4n) is 1.69. The van der Waals surface area contributed by atoms with E-state index in [0.717, 1.165) is 13.1 Å². The molecule has 76 valence electrons. The molecule has 0 aromatic heterocycles. The van der Waals surface area contributed by atoms with Gasteiger partial charge in [0, 0.05) is 25.2 Å². The fourth-order valence-corrected chi connectivity index (χ4v) is 1.69. The zero-order chi connectivity index (χ0) is 9.84. The number of nitrogens with zero attached hydrogens (tertiary/aromatic N) is 1. The fraction of sp³-hybridized carbons (Fsp3) is 0.889. The van der Waals surface area contributed by atoms with E-state index in [-0.39, 0.29) is 18.2 Å². The monoisotopic (exact) mass is 186 g/mol. The van der Waals surface area contributed by atoms with Crippen LogP contribution < -0.4 is 5.32 Å². The lowest BCUT2D eigenvalue weighted by Gasteiger charge is -2.38. The third-order valence-corrected chi connectivity index (χ3v) is 2.31. The van der Waals surface area contributed by atoms with Crippen LogP contribution in [0.4, 0.5) is 4.79 Å². The van der Waals surface area contributed by atoms with Crippen molar-refractivity contribution in [3.63, 3.8) is 0 Å². The molecule has 0 aromatic rings. The maximum Gasteiger partial charge on any atom is 0.410 e. The van der Waals surface area contributed by atoms with Crippen LogP contribution in [0, 0.1) is 0 Å². The highest BCUT2D eigenvalue weighted by molar-refractivity contribution is 5.68. The summed E-state index contributed by atoms with van der Waals surface area (Å²) in [7, 11) is 0. The van der Waals surface area contributed by atoms with Gasteiger partial charge >= 0.3 is 6.09 Å². The summed E-state index contributed by atoms with van der Waals surface area (Å²) in [4.78, 5) is 13.3. The Bertz CT molecular complexity index is 174. The molecular formula is C9H18N2O2. The maximum absolute atomic E-state index is 11.5. The molecule has 1 aliphatic rings. The molecule has 1 rings (SSSR count). The van der Waals surface area contributed by atoms with E-state index >= 15 is 0 Å². The van der Waals surface area contributed by atoms with E-state index < -0.39 is 0 Å². The van der Waals surface area contributed by atoms with Crippen LogP contribution in [0.15, 0.2) is 0 Å². The van der Waals surface area contributed by atoms with Crippen LogP contribution in [0.5, 0.6) is 0 Å². The van der Waals surface area contributed by atoms with Gasteiger partial charge in [0.1, 0.15) is 0 Å². The average molecular weight is 186 g/mol. The Morgan fingerprint density at radius 3 is 2.46 bits per heavy atom. The predicted molar refractivity (Wildman–Crippen MR) is 50.7 cm³/mol. The van der Waals surface area contributed by atoms with Crippen molar-refractivity contribution in [2.75, 3.05) is 19.7 Å². The molecule has 1 fully saturated rings. The number of ether oxygens (including phenoxy) is 1. The number of carbonyl (C=O) groups is 1. The number of hydrogen-bond donors (Lipinski definition) is 1. The van der Waals surface area contributed by atoms with Crippen molar-refractivity contribution >= 4 is 6.09 Å². The molecule has 0 unspecified atom stereocenters. The summed E-state index contributed by atoms with van der Waals surface area (Å²) in [5, 5.41) is 3.26. The van der Waals surface area contributed by atoms with Crippen LogP contribution in [0.2, 0.25) is 0 Å². The van der Waals surface area contributed by atoms with Gasteiger partial charge in [-0.25, -0.2) is 4.79 Å². The molecular weight excluding hydrogens is 168 g/mol. The minimum absolute atomic E-state index is 0.191. The summed E-state index contributed by atoms with van der Waals surface area (Å²) in [6, 6.07) is 0.450. The quantitative estimate of drug-likeness (QED) is 0.659. The molecule has 1 heterocycles. The number of nitrogens with one attached hydrogen (secondary N) is 1. The topological polar surface area (TPSA) is 41.6 Å². The minimum atomic E-state index is -0.191. The Hall–Kier alpha value is -0.770. The first kappa shape index (κ1) is 10.3. The SMILES string of the molecule is CCOC(=O)N1[C@@H](C)CNC[C@@H]1C. The molecule has 0 saturated carbocycles. The molecule has 0 spiro atoms. The zero-order valence-electron chi connectivity index (χ0n) is 8.54. The van der Waals surface area contributed by atoms with Crippen LogP contribution in [0.1, 0.15) is 20.8 Å². The molecule has 1 N–H and O–H groups in total. The van der Waals surface area contributed by atoms with Crippen LogP contribution in [-0.2, 0) is 4.74 Å². The van der Waals surface area contributed by atoms with Crippen LogP contribution in [0.3, 0.4) is 0 Å². The van der Waals surface area contributed by atoms with Gasteiger partial charge in [0.2, 0.25) is 0 Å². The van der Waals surface area contributed by atoms with Gasteiger partial charge in [-0.1, -0.05) is 0 Å². The van der Waals surface area contributed by atoms with E-state index in [1.165, 1.54) is 0 Å². The van der Waals surface area contributed by atoms with Crippen molar-refractivity contribution in [1.82, 2.24) is 10.2 Å². The highest BCUT2D eigenvalue weighted by atomic mass is 16.6. The molecule has 0 radical (unpaired) electrons. The normalized spacial score (nSPS) is 28.7. The Morgan fingerprint density at radius 1 is 1.46 bits per heavy atom.